The molecule has 2 aromatic heterocycles. The van der Waals surface area contributed by atoms with E-state index >= 15 is 0 Å². The summed E-state index contributed by atoms with van der Waals surface area (Å²) in [6, 6.07) is 6.25. The van der Waals surface area contributed by atoms with Crippen molar-refractivity contribution in [1.29, 1.82) is 0 Å². The summed E-state index contributed by atoms with van der Waals surface area (Å²) in [6.07, 6.45) is -0.874. The summed E-state index contributed by atoms with van der Waals surface area (Å²) in [5, 5.41) is 12.1. The topological polar surface area (TPSA) is 129 Å². The molecule has 3 aromatic rings. The van der Waals surface area contributed by atoms with E-state index in [1.807, 2.05) is 0 Å². The van der Waals surface area contributed by atoms with Crippen molar-refractivity contribution in [3.8, 4) is 5.75 Å². The third-order valence-electron chi connectivity index (χ3n) is 6.59. The number of pyridine rings is 1. The molecule has 0 saturated heterocycles. The van der Waals surface area contributed by atoms with Crippen molar-refractivity contribution in [2.75, 3.05) is 5.32 Å². The van der Waals surface area contributed by atoms with Gasteiger partial charge >= 0.3 is 12.5 Å². The van der Waals surface area contributed by atoms with Crippen LogP contribution in [0.1, 0.15) is 54.6 Å². The van der Waals surface area contributed by atoms with Crippen molar-refractivity contribution in [2.24, 2.45) is 0 Å². The number of ether oxygens (including phenoxy) is 2. The van der Waals surface area contributed by atoms with Crippen LogP contribution in [-0.2, 0) is 24.4 Å². The van der Waals surface area contributed by atoms with Crippen molar-refractivity contribution in [2.45, 2.75) is 76.8 Å². The Hall–Kier alpha value is -4.50. The molecular formula is C27H29F5N6O5. The summed E-state index contributed by atoms with van der Waals surface area (Å²) in [6.45, 7) is -0.627. The highest BCUT2D eigenvalue weighted by Crippen LogP contribution is 2.23. The number of nitrogens with one attached hydrogen (secondary N) is 2. The van der Waals surface area contributed by atoms with E-state index in [4.69, 9.17) is 4.74 Å². The van der Waals surface area contributed by atoms with Crippen LogP contribution in [0.4, 0.5) is 32.4 Å². The summed E-state index contributed by atoms with van der Waals surface area (Å²) in [5.74, 6) is -2.33. The van der Waals surface area contributed by atoms with Gasteiger partial charge in [0.05, 0.1) is 18.4 Å². The van der Waals surface area contributed by atoms with E-state index in [9.17, 15) is 36.3 Å². The third-order valence-corrected chi connectivity index (χ3v) is 6.59. The molecule has 0 spiro atoms. The van der Waals surface area contributed by atoms with Crippen LogP contribution in [0.3, 0.4) is 0 Å². The first kappa shape index (κ1) is 31.4. The summed E-state index contributed by atoms with van der Waals surface area (Å²) in [4.78, 5) is 36.8. The van der Waals surface area contributed by atoms with E-state index in [1.54, 1.807) is 0 Å². The summed E-state index contributed by atoms with van der Waals surface area (Å²) < 4.78 is 77.6. The number of nitrogens with zero attached hydrogens (tertiary/aromatic N) is 4. The molecule has 11 nitrogen and oxygen atoms in total. The monoisotopic (exact) mass is 612 g/mol. The number of hydrogen-bond donors (Lipinski definition) is 2. The lowest BCUT2D eigenvalue weighted by molar-refractivity contribution is -0.274. The van der Waals surface area contributed by atoms with Crippen LogP contribution in [-0.4, -0.2) is 50.2 Å². The van der Waals surface area contributed by atoms with E-state index in [1.165, 1.54) is 30.6 Å². The van der Waals surface area contributed by atoms with Gasteiger partial charge in [0.1, 0.15) is 18.0 Å². The Morgan fingerprint density at radius 1 is 1.14 bits per heavy atom. The van der Waals surface area contributed by atoms with Gasteiger partial charge in [0, 0.05) is 19.3 Å². The van der Waals surface area contributed by atoms with Crippen LogP contribution in [0.2, 0.25) is 0 Å². The number of anilines is 1. The lowest BCUT2D eigenvalue weighted by Crippen LogP contribution is -2.28. The second-order valence-electron chi connectivity index (χ2n) is 9.92. The van der Waals surface area contributed by atoms with E-state index in [-0.39, 0.29) is 43.5 Å². The first-order chi connectivity index (χ1) is 20.5. The average Bonchev–Trinajstić information content (AvgIpc) is 3.42. The molecule has 1 saturated carbocycles. The number of carbonyl (C=O) groups excluding carboxylic acids is 2. The number of halogens is 5. The SMILES string of the molecule is O=C(Nc1ccn(CCC(F)Cn2cc(C(=O)NCc3cccc(OC(F)(F)F)c3)nn2)c(=O)c1F)OC1CCCCC1. The van der Waals surface area contributed by atoms with Crippen molar-refractivity contribution in [3.63, 3.8) is 0 Å². The second kappa shape index (κ2) is 14.1. The van der Waals surface area contributed by atoms with Gasteiger partial charge in [-0.3, -0.25) is 14.9 Å². The molecule has 1 fully saturated rings. The molecule has 2 N–H and O–H groups in total. The second-order valence-corrected chi connectivity index (χ2v) is 9.92. The highest BCUT2D eigenvalue weighted by Gasteiger charge is 2.31. The van der Waals surface area contributed by atoms with Gasteiger partial charge in [-0.15, -0.1) is 18.3 Å². The molecule has 232 valence electrons. The Kier molecular flexibility index (Phi) is 10.3. The third kappa shape index (κ3) is 9.51. The van der Waals surface area contributed by atoms with Crippen molar-refractivity contribution in [3.05, 3.63) is 70.2 Å². The van der Waals surface area contributed by atoms with Crippen molar-refractivity contribution >= 4 is 17.7 Å². The lowest BCUT2D eigenvalue weighted by atomic mass is 9.98. The fraction of sp³-hybridized carbons (Fsp3) is 0.444. The van der Waals surface area contributed by atoms with Crippen LogP contribution in [0.15, 0.2) is 47.5 Å². The Balaban J connectivity index is 1.24. The highest BCUT2D eigenvalue weighted by atomic mass is 19.4. The molecule has 1 aromatic carbocycles. The number of amides is 2. The van der Waals surface area contributed by atoms with Gasteiger partial charge in [0.15, 0.2) is 5.69 Å². The zero-order valence-electron chi connectivity index (χ0n) is 22.8. The van der Waals surface area contributed by atoms with Crippen molar-refractivity contribution in [1.82, 2.24) is 24.9 Å². The van der Waals surface area contributed by atoms with Gasteiger partial charge < -0.3 is 19.4 Å². The molecule has 0 bridgehead atoms. The molecular weight excluding hydrogens is 583 g/mol. The largest absolute Gasteiger partial charge is 0.573 e. The maximum Gasteiger partial charge on any atom is 0.573 e. The molecule has 2 heterocycles. The van der Waals surface area contributed by atoms with Gasteiger partial charge in [-0.1, -0.05) is 23.8 Å². The van der Waals surface area contributed by atoms with Gasteiger partial charge in [-0.05, 0) is 55.9 Å². The van der Waals surface area contributed by atoms with Crippen LogP contribution in [0.5, 0.6) is 5.75 Å². The molecule has 16 heteroatoms. The first-order valence-corrected chi connectivity index (χ1v) is 13.5. The van der Waals surface area contributed by atoms with Crippen LogP contribution < -0.4 is 20.9 Å². The minimum Gasteiger partial charge on any atom is -0.446 e. The predicted molar refractivity (Wildman–Crippen MR) is 141 cm³/mol. The number of benzene rings is 1. The predicted octanol–water partition coefficient (Wildman–Crippen LogP) is 4.72. The number of carbonyl (C=O) groups is 2. The molecule has 1 unspecified atom stereocenters. The molecule has 1 atom stereocenters. The normalized spacial score (nSPS) is 14.6. The van der Waals surface area contributed by atoms with Crippen LogP contribution in [0.25, 0.3) is 0 Å². The lowest BCUT2D eigenvalue weighted by Gasteiger charge is -2.22. The Morgan fingerprint density at radius 3 is 2.65 bits per heavy atom. The summed E-state index contributed by atoms with van der Waals surface area (Å²) in [7, 11) is 0. The van der Waals surface area contributed by atoms with E-state index in [2.05, 4.69) is 25.7 Å². The molecule has 2 amide bonds. The standard InChI is InChI=1S/C27H29F5N6O5/c28-18(9-11-37-12-10-21(23(29)25(37)40)34-26(41)42-19-6-2-1-3-7-19)15-38-16-22(35-36-38)24(39)33-14-17-5-4-8-20(13-17)43-27(30,31)32/h4-5,8,10,12-13,16,18-19H,1-3,6-7,9,11,14-15H2,(H,33,39)(H,34,41). The number of aryl methyl sites for hydroxylation is 1. The number of hydrogen-bond acceptors (Lipinski definition) is 7. The molecule has 0 radical (unpaired) electrons. The van der Waals surface area contributed by atoms with Gasteiger partial charge in [-0.25, -0.2) is 13.9 Å². The van der Waals surface area contributed by atoms with E-state index < -0.39 is 41.7 Å². The number of rotatable bonds is 11. The highest BCUT2D eigenvalue weighted by molar-refractivity contribution is 5.91. The van der Waals surface area contributed by atoms with Crippen LogP contribution in [0, 0.1) is 5.82 Å². The number of aromatic nitrogens is 4. The van der Waals surface area contributed by atoms with Gasteiger partial charge in [0.25, 0.3) is 11.5 Å². The molecule has 4 rings (SSSR count). The zero-order valence-corrected chi connectivity index (χ0v) is 22.8. The molecule has 43 heavy (non-hydrogen) atoms. The average molecular weight is 613 g/mol. The smallest absolute Gasteiger partial charge is 0.446 e. The first-order valence-electron chi connectivity index (χ1n) is 13.5. The van der Waals surface area contributed by atoms with E-state index in [0.717, 1.165) is 53.5 Å². The molecule has 1 aliphatic carbocycles. The maximum atomic E-state index is 14.7. The Morgan fingerprint density at radius 2 is 1.91 bits per heavy atom. The quantitative estimate of drug-likeness (QED) is 0.300. The summed E-state index contributed by atoms with van der Waals surface area (Å²) in [5.41, 5.74) is -1.20. The maximum absolute atomic E-state index is 14.7. The zero-order chi connectivity index (χ0) is 31.0. The Bertz CT molecular complexity index is 1470. The fourth-order valence-electron chi connectivity index (χ4n) is 4.48. The molecule has 0 aliphatic heterocycles. The number of alkyl halides is 4. The van der Waals surface area contributed by atoms with Crippen molar-refractivity contribution < 1.29 is 41.0 Å². The minimum atomic E-state index is -4.85. The van der Waals surface area contributed by atoms with E-state index in [0.29, 0.717) is 5.56 Å². The minimum absolute atomic E-state index is 0.131. The van der Waals surface area contributed by atoms with Crippen LogP contribution >= 0.6 is 0 Å². The molecule has 1 aliphatic rings. The fourth-order valence-corrected chi connectivity index (χ4v) is 4.48. The Labute approximate surface area is 242 Å². The van der Waals surface area contributed by atoms with Gasteiger partial charge in [0.2, 0.25) is 5.82 Å². The van der Waals surface area contributed by atoms with Gasteiger partial charge in [-0.2, -0.15) is 4.39 Å². The summed E-state index contributed by atoms with van der Waals surface area (Å²) >= 11 is 0.